The summed E-state index contributed by atoms with van der Waals surface area (Å²) < 4.78 is 66.2. The molecule has 0 fully saturated rings. The summed E-state index contributed by atoms with van der Waals surface area (Å²) in [7, 11) is 0. The van der Waals surface area contributed by atoms with Gasteiger partial charge in [0.2, 0.25) is 17.7 Å². The molecule has 29 heteroatoms. The fourth-order valence-corrected chi connectivity index (χ4v) is 6.30. The first kappa shape index (κ1) is 73.5. The average Bonchev–Trinajstić information content (AvgIpc) is 3.35. The van der Waals surface area contributed by atoms with Crippen LogP contribution in [0, 0.1) is 0 Å². The van der Waals surface area contributed by atoms with Crippen molar-refractivity contribution < 1.29 is 90.4 Å². The van der Waals surface area contributed by atoms with Crippen molar-refractivity contribution in [3.05, 3.63) is 10.4 Å². The molecule has 0 aromatic rings. The predicted octanol–water partition coefficient (Wildman–Crippen LogP) is 3.16. The van der Waals surface area contributed by atoms with Gasteiger partial charge in [-0.3, -0.25) is 14.4 Å². The van der Waals surface area contributed by atoms with E-state index in [1.54, 1.807) is 69.2 Å². The van der Waals surface area contributed by atoms with Crippen molar-refractivity contribution in [1.29, 1.82) is 0 Å². The second-order valence-corrected chi connectivity index (χ2v) is 20.2. The summed E-state index contributed by atoms with van der Waals surface area (Å²) in [6.07, 6.45) is -4.20. The van der Waals surface area contributed by atoms with Crippen molar-refractivity contribution in [1.82, 2.24) is 37.2 Å². The van der Waals surface area contributed by atoms with E-state index in [1.165, 1.54) is 0 Å². The van der Waals surface area contributed by atoms with Gasteiger partial charge < -0.3 is 94.1 Å². The van der Waals surface area contributed by atoms with Gasteiger partial charge in [0.05, 0.1) is 111 Å². The van der Waals surface area contributed by atoms with Crippen molar-refractivity contribution in [2.45, 2.75) is 130 Å². The Labute approximate surface area is 465 Å². The van der Waals surface area contributed by atoms with E-state index in [2.05, 4.69) is 47.2 Å². The van der Waals surface area contributed by atoms with E-state index in [1.807, 2.05) is 0 Å². The third-order valence-electron chi connectivity index (χ3n) is 9.77. The lowest BCUT2D eigenvalue weighted by atomic mass is 9.82. The van der Waals surface area contributed by atoms with E-state index >= 15 is 0 Å². The molecule has 0 heterocycles. The highest BCUT2D eigenvalue weighted by Gasteiger charge is 2.43. The minimum absolute atomic E-state index is 0.0397. The lowest BCUT2D eigenvalue weighted by molar-refractivity contribution is -0.123. The Balaban J connectivity index is 5.73. The van der Waals surface area contributed by atoms with E-state index in [4.69, 9.17) is 62.4 Å². The Hall–Kier alpha value is -5.52. The average molecular weight is 1140 g/mol. The van der Waals surface area contributed by atoms with Gasteiger partial charge in [-0.2, -0.15) is 0 Å². The summed E-state index contributed by atoms with van der Waals surface area (Å²) in [5, 5.41) is 22.5. The fraction of sp³-hybridized carbons (Fsp3) is 0.860. The Kier molecular flexibility index (Phi) is 41.2. The Morgan fingerprint density at radius 1 is 0.443 bits per heavy atom. The molecule has 0 aliphatic carbocycles. The molecule has 458 valence electrons. The minimum Gasteiger partial charge on any atom is -0.447 e. The fourth-order valence-electron chi connectivity index (χ4n) is 6.30. The van der Waals surface area contributed by atoms with Gasteiger partial charge in [-0.1, -0.05) is 12.0 Å². The quantitative estimate of drug-likeness (QED) is 0.0151. The van der Waals surface area contributed by atoms with Crippen molar-refractivity contribution in [2.24, 2.45) is 5.11 Å². The van der Waals surface area contributed by atoms with Crippen molar-refractivity contribution in [3.63, 3.8) is 0 Å². The van der Waals surface area contributed by atoms with E-state index in [0.29, 0.717) is 19.6 Å². The SMILES string of the molecule is CCC(=O)NCCOCCOC(CNC(=O)OC(C)(C)C)C(CCC(=O)NCCOCCOCCNC(=O)OCCOCCOCCN=[N+]=[N-])(CCC(=O)NCCOCCOCCNC(=O)OC(C)(C)C)NC(=O)OC(C)(C)C. The molecule has 0 aromatic heterocycles. The third kappa shape index (κ3) is 47.0. The van der Waals surface area contributed by atoms with E-state index in [9.17, 15) is 33.6 Å². The van der Waals surface area contributed by atoms with Gasteiger partial charge in [0.25, 0.3) is 0 Å². The van der Waals surface area contributed by atoms with Crippen LogP contribution in [-0.2, 0) is 71.2 Å². The van der Waals surface area contributed by atoms with E-state index in [-0.39, 0.29) is 170 Å². The number of carbonyl (C=O) groups is 7. The zero-order chi connectivity index (χ0) is 59.3. The van der Waals surface area contributed by atoms with Crippen molar-refractivity contribution in [2.75, 3.05) is 152 Å². The number of azide groups is 1. The molecule has 7 N–H and O–H groups in total. The highest BCUT2D eigenvalue weighted by atomic mass is 16.6. The van der Waals surface area contributed by atoms with Crippen LogP contribution in [0.3, 0.4) is 0 Å². The molecule has 79 heavy (non-hydrogen) atoms. The molecule has 29 nitrogen and oxygen atoms in total. The molecular formula is C50H94N10O19. The van der Waals surface area contributed by atoms with Crippen molar-refractivity contribution in [3.8, 4) is 0 Å². The molecule has 0 saturated heterocycles. The van der Waals surface area contributed by atoms with Crippen LogP contribution in [0.4, 0.5) is 19.2 Å². The maximum atomic E-state index is 13.8. The Morgan fingerprint density at radius 2 is 0.810 bits per heavy atom. The molecule has 0 aliphatic heterocycles. The van der Waals surface area contributed by atoms with Gasteiger partial charge in [0, 0.05) is 70.0 Å². The van der Waals surface area contributed by atoms with Crippen molar-refractivity contribution >= 4 is 42.1 Å². The monoisotopic (exact) mass is 1140 g/mol. The van der Waals surface area contributed by atoms with Gasteiger partial charge in [-0.05, 0) is 80.7 Å². The summed E-state index contributed by atoms with van der Waals surface area (Å²) in [4.78, 5) is 91.9. The standard InChI is InChI=1S/C50H94N10O19/c1-11-40(61)52-16-22-72-34-36-75-39(38-57-45(66)78-48(5,6)7)50(59-46(67)79-49(8,9)10,15-13-42(63)54-18-24-69-29-31-71-26-20-56-44(65)77-47(2,3)4)14-12-41(62)53-17-23-68-28-30-70-25-19-55-43(64)76-37-35-74-33-32-73-27-21-58-60-51/h39H,11-38H2,1-10H3,(H,52,61)(H,53,62)(H,54,63)(H,55,64)(H,56,65)(H,57,66)(H,59,67). The summed E-state index contributed by atoms with van der Waals surface area (Å²) in [5.74, 6) is -0.975. The molecule has 0 aromatic carbocycles. The molecule has 0 saturated carbocycles. The first-order valence-electron chi connectivity index (χ1n) is 26.7. The third-order valence-corrected chi connectivity index (χ3v) is 9.77. The number of hydrogen-bond donors (Lipinski definition) is 7. The van der Waals surface area contributed by atoms with Gasteiger partial charge in [-0.25, -0.2) is 19.2 Å². The number of nitrogens with zero attached hydrogens (tertiary/aromatic N) is 3. The minimum atomic E-state index is -1.55. The summed E-state index contributed by atoms with van der Waals surface area (Å²) in [5.41, 5.74) is 4.25. The maximum Gasteiger partial charge on any atom is 0.408 e. The van der Waals surface area contributed by atoms with Crippen LogP contribution in [0.25, 0.3) is 10.4 Å². The lowest BCUT2D eigenvalue weighted by Crippen LogP contribution is -2.62. The molecule has 2 atom stereocenters. The van der Waals surface area contributed by atoms with Crippen LogP contribution in [0.15, 0.2) is 5.11 Å². The van der Waals surface area contributed by atoms with Crippen LogP contribution >= 0.6 is 0 Å². The number of nitrogens with one attached hydrogen (secondary N) is 7. The highest BCUT2D eigenvalue weighted by Crippen LogP contribution is 2.28. The second kappa shape index (κ2) is 44.3. The zero-order valence-corrected chi connectivity index (χ0v) is 48.5. The Bertz CT molecular complexity index is 1760. The molecule has 0 aliphatic rings. The van der Waals surface area contributed by atoms with E-state index in [0.717, 1.165) is 0 Å². The first-order valence-corrected chi connectivity index (χ1v) is 26.7. The normalized spacial score (nSPS) is 12.6. The predicted molar refractivity (Wildman–Crippen MR) is 287 cm³/mol. The first-order chi connectivity index (χ1) is 37.4. The number of alkyl carbamates (subject to hydrolysis) is 4. The molecular weight excluding hydrogens is 1040 g/mol. The number of hydrogen-bond acceptors (Lipinski definition) is 20. The van der Waals surface area contributed by atoms with E-state index < -0.39 is 64.6 Å². The van der Waals surface area contributed by atoms with Crippen LogP contribution in [0.2, 0.25) is 0 Å². The maximum absolute atomic E-state index is 13.8. The number of carbonyl (C=O) groups excluding carboxylic acids is 7. The number of rotatable bonds is 45. The largest absolute Gasteiger partial charge is 0.447 e. The molecule has 7 amide bonds. The number of amides is 7. The van der Waals surface area contributed by atoms with Gasteiger partial charge >= 0.3 is 24.4 Å². The second-order valence-electron chi connectivity index (χ2n) is 20.2. The lowest BCUT2D eigenvalue weighted by Gasteiger charge is -2.42. The van der Waals surface area contributed by atoms with Gasteiger partial charge in [0.1, 0.15) is 23.4 Å². The number of ether oxygens (including phenoxy) is 12. The zero-order valence-electron chi connectivity index (χ0n) is 48.5. The smallest absolute Gasteiger partial charge is 0.408 e. The summed E-state index contributed by atoms with van der Waals surface area (Å²) in [6.45, 7) is 20.9. The van der Waals surface area contributed by atoms with Gasteiger partial charge in [0.15, 0.2) is 0 Å². The summed E-state index contributed by atoms with van der Waals surface area (Å²) >= 11 is 0. The molecule has 0 radical (unpaired) electrons. The summed E-state index contributed by atoms with van der Waals surface area (Å²) in [6, 6.07) is 0. The van der Waals surface area contributed by atoms with Crippen LogP contribution in [0.5, 0.6) is 0 Å². The topological polar surface area (TPSA) is 363 Å². The van der Waals surface area contributed by atoms with Crippen LogP contribution < -0.4 is 37.2 Å². The highest BCUT2D eigenvalue weighted by molar-refractivity contribution is 5.77. The molecule has 0 bridgehead atoms. The Morgan fingerprint density at radius 3 is 1.25 bits per heavy atom. The molecule has 0 spiro atoms. The van der Waals surface area contributed by atoms with Gasteiger partial charge in [-0.15, -0.1) is 0 Å². The van der Waals surface area contributed by atoms with Crippen LogP contribution in [0.1, 0.15) is 101 Å². The molecule has 2 unspecified atom stereocenters. The molecule has 0 rings (SSSR count). The van der Waals surface area contributed by atoms with Crippen LogP contribution in [-0.4, -0.2) is 222 Å².